The van der Waals surface area contributed by atoms with E-state index in [9.17, 15) is 4.79 Å². The van der Waals surface area contributed by atoms with Gasteiger partial charge in [0.05, 0.1) is 12.8 Å². The van der Waals surface area contributed by atoms with Gasteiger partial charge in [-0.2, -0.15) is 0 Å². The number of methoxy groups -OCH3 is 1. The zero-order chi connectivity index (χ0) is 12.1. The van der Waals surface area contributed by atoms with E-state index in [1.807, 2.05) is 0 Å². The Morgan fingerprint density at radius 1 is 1.50 bits per heavy atom. The topological polar surface area (TPSA) is 100 Å². The van der Waals surface area contributed by atoms with Crippen LogP contribution in [0.4, 0.5) is 10.5 Å². The van der Waals surface area contributed by atoms with Crippen molar-refractivity contribution < 1.29 is 9.53 Å². The fourth-order valence-electron chi connectivity index (χ4n) is 1.23. The van der Waals surface area contributed by atoms with E-state index in [0.717, 1.165) is 0 Å². The van der Waals surface area contributed by atoms with Crippen molar-refractivity contribution in [2.24, 2.45) is 5.73 Å². The highest BCUT2D eigenvalue weighted by Crippen LogP contribution is 2.27. The van der Waals surface area contributed by atoms with Crippen LogP contribution in [0.5, 0.6) is 5.75 Å². The number of carbonyl (C=O) groups excluding carboxylic acids is 1. The molecule has 0 radical (unpaired) electrons. The molecule has 1 rings (SSSR count). The summed E-state index contributed by atoms with van der Waals surface area (Å²) >= 11 is 0. The van der Waals surface area contributed by atoms with E-state index in [0.29, 0.717) is 17.0 Å². The van der Waals surface area contributed by atoms with E-state index in [2.05, 4.69) is 10.6 Å². The fourth-order valence-corrected chi connectivity index (χ4v) is 1.23. The van der Waals surface area contributed by atoms with Crippen molar-refractivity contribution >= 4 is 17.6 Å². The van der Waals surface area contributed by atoms with Crippen LogP contribution in [0, 0.1) is 5.41 Å². The molecule has 5 N–H and O–H groups in total. The Bertz CT molecular complexity index is 417. The maximum absolute atomic E-state index is 11.2. The number of urea groups is 1. The molecule has 0 heterocycles. The third-order valence-corrected chi connectivity index (χ3v) is 2.00. The number of amides is 2. The zero-order valence-corrected chi connectivity index (χ0v) is 9.13. The van der Waals surface area contributed by atoms with Crippen LogP contribution in [-0.2, 0) is 0 Å². The molecule has 2 amide bonds. The molecule has 0 spiro atoms. The van der Waals surface area contributed by atoms with E-state index in [1.54, 1.807) is 18.2 Å². The van der Waals surface area contributed by atoms with Crippen LogP contribution in [0.15, 0.2) is 18.2 Å². The number of nitrogens with one attached hydrogen (secondary N) is 3. The summed E-state index contributed by atoms with van der Waals surface area (Å²) in [7, 11) is 2.98. The molecule has 0 fully saturated rings. The molecule has 16 heavy (non-hydrogen) atoms. The molecular formula is C10H14N4O2. The standard InChI is InChI=1S/C10H14N4O2/c1-13-10(15)14-8-6(9(11)12)4-3-5-7(8)16-2/h3-5H,1-2H3,(H3,11,12)(H2,13,14,15). The normalized spacial score (nSPS) is 9.38. The smallest absolute Gasteiger partial charge is 0.319 e. The maximum atomic E-state index is 11.2. The highest BCUT2D eigenvalue weighted by molar-refractivity contribution is 6.05. The zero-order valence-electron chi connectivity index (χ0n) is 9.13. The van der Waals surface area contributed by atoms with Gasteiger partial charge in [-0.15, -0.1) is 0 Å². The summed E-state index contributed by atoms with van der Waals surface area (Å²) in [4.78, 5) is 11.2. The van der Waals surface area contributed by atoms with E-state index in [4.69, 9.17) is 15.9 Å². The summed E-state index contributed by atoms with van der Waals surface area (Å²) in [5.41, 5.74) is 6.22. The van der Waals surface area contributed by atoms with Gasteiger partial charge in [-0.05, 0) is 12.1 Å². The summed E-state index contributed by atoms with van der Waals surface area (Å²) in [5, 5.41) is 12.4. The number of amidine groups is 1. The number of para-hydroxylation sites is 1. The summed E-state index contributed by atoms with van der Waals surface area (Å²) in [6, 6.07) is 4.62. The average molecular weight is 222 g/mol. The third kappa shape index (κ3) is 2.41. The van der Waals surface area contributed by atoms with Crippen molar-refractivity contribution in [1.29, 1.82) is 5.41 Å². The first kappa shape index (κ1) is 11.8. The van der Waals surface area contributed by atoms with Gasteiger partial charge in [-0.1, -0.05) is 6.07 Å². The molecular weight excluding hydrogens is 208 g/mol. The van der Waals surface area contributed by atoms with Crippen LogP contribution in [0.3, 0.4) is 0 Å². The Hall–Kier alpha value is -2.24. The second kappa shape index (κ2) is 5.01. The minimum Gasteiger partial charge on any atom is -0.495 e. The molecule has 6 heteroatoms. The predicted octanol–water partition coefficient (Wildman–Crippen LogP) is 0.731. The molecule has 6 nitrogen and oxygen atoms in total. The molecule has 0 aliphatic rings. The van der Waals surface area contributed by atoms with Gasteiger partial charge in [0.15, 0.2) is 0 Å². The van der Waals surface area contributed by atoms with Crippen LogP contribution in [0.1, 0.15) is 5.56 Å². The SMILES string of the molecule is CNC(=O)Nc1c(OC)cccc1C(=N)N. The maximum Gasteiger partial charge on any atom is 0.319 e. The molecule has 0 saturated heterocycles. The molecule has 0 aromatic heterocycles. The van der Waals surface area contributed by atoms with Gasteiger partial charge < -0.3 is 21.1 Å². The number of benzene rings is 1. The molecule has 0 atom stereocenters. The predicted molar refractivity (Wildman–Crippen MR) is 62.1 cm³/mol. The Morgan fingerprint density at radius 3 is 2.69 bits per heavy atom. The monoisotopic (exact) mass is 222 g/mol. The average Bonchev–Trinajstić information content (AvgIpc) is 2.28. The van der Waals surface area contributed by atoms with Crippen molar-refractivity contribution in [2.45, 2.75) is 0 Å². The Morgan fingerprint density at radius 2 is 2.19 bits per heavy atom. The van der Waals surface area contributed by atoms with Crippen molar-refractivity contribution in [3.63, 3.8) is 0 Å². The lowest BCUT2D eigenvalue weighted by Crippen LogP contribution is -2.26. The van der Waals surface area contributed by atoms with Crippen molar-refractivity contribution in [2.75, 3.05) is 19.5 Å². The van der Waals surface area contributed by atoms with Gasteiger partial charge in [0.25, 0.3) is 0 Å². The van der Waals surface area contributed by atoms with Gasteiger partial charge in [-0.3, -0.25) is 5.41 Å². The van der Waals surface area contributed by atoms with Gasteiger partial charge >= 0.3 is 6.03 Å². The third-order valence-electron chi connectivity index (χ3n) is 2.00. The molecule has 1 aromatic carbocycles. The summed E-state index contributed by atoms with van der Waals surface area (Å²) < 4.78 is 5.09. The van der Waals surface area contributed by atoms with Crippen molar-refractivity contribution in [3.8, 4) is 5.75 Å². The minimum absolute atomic E-state index is 0.134. The Balaban J connectivity index is 3.19. The lowest BCUT2D eigenvalue weighted by molar-refractivity contribution is 0.254. The summed E-state index contributed by atoms with van der Waals surface area (Å²) in [6.07, 6.45) is 0. The number of nitrogen functional groups attached to an aromatic ring is 1. The molecule has 86 valence electrons. The quantitative estimate of drug-likeness (QED) is 0.448. The van der Waals surface area contributed by atoms with Gasteiger partial charge in [0.2, 0.25) is 0 Å². The summed E-state index contributed by atoms with van der Waals surface area (Å²) in [5.74, 6) is 0.321. The van der Waals surface area contributed by atoms with E-state index < -0.39 is 6.03 Å². The van der Waals surface area contributed by atoms with Gasteiger partial charge in [0.1, 0.15) is 11.6 Å². The number of ether oxygens (including phenoxy) is 1. The number of nitrogens with two attached hydrogens (primary N) is 1. The highest BCUT2D eigenvalue weighted by Gasteiger charge is 2.12. The first-order valence-electron chi connectivity index (χ1n) is 4.60. The highest BCUT2D eigenvalue weighted by atomic mass is 16.5. The van der Waals surface area contributed by atoms with Crippen LogP contribution < -0.4 is 21.1 Å². The minimum atomic E-state index is -0.396. The molecule has 0 unspecified atom stereocenters. The number of hydrogen-bond donors (Lipinski definition) is 4. The first-order chi connectivity index (χ1) is 7.60. The second-order valence-electron chi connectivity index (χ2n) is 3.00. The molecule has 0 aliphatic carbocycles. The summed E-state index contributed by atoms with van der Waals surface area (Å²) in [6.45, 7) is 0. The lowest BCUT2D eigenvalue weighted by Gasteiger charge is -2.13. The molecule has 0 saturated carbocycles. The van der Waals surface area contributed by atoms with Crippen LogP contribution in [0.25, 0.3) is 0 Å². The number of anilines is 1. The molecule has 0 aliphatic heterocycles. The molecule has 1 aromatic rings. The van der Waals surface area contributed by atoms with E-state index in [1.165, 1.54) is 14.2 Å². The Kier molecular flexibility index (Phi) is 3.71. The van der Waals surface area contributed by atoms with E-state index in [-0.39, 0.29) is 5.84 Å². The van der Waals surface area contributed by atoms with Crippen LogP contribution >= 0.6 is 0 Å². The number of carbonyl (C=O) groups is 1. The number of rotatable bonds is 3. The van der Waals surface area contributed by atoms with Crippen LogP contribution in [-0.4, -0.2) is 26.0 Å². The molecule has 0 bridgehead atoms. The first-order valence-corrected chi connectivity index (χ1v) is 4.60. The second-order valence-corrected chi connectivity index (χ2v) is 3.00. The lowest BCUT2D eigenvalue weighted by atomic mass is 10.1. The van der Waals surface area contributed by atoms with Crippen LogP contribution in [0.2, 0.25) is 0 Å². The van der Waals surface area contributed by atoms with Gasteiger partial charge in [-0.25, -0.2) is 4.79 Å². The van der Waals surface area contributed by atoms with E-state index >= 15 is 0 Å². The number of hydrogen-bond acceptors (Lipinski definition) is 3. The Labute approximate surface area is 93.3 Å². The van der Waals surface area contributed by atoms with Gasteiger partial charge in [0, 0.05) is 12.6 Å². The van der Waals surface area contributed by atoms with Crippen molar-refractivity contribution in [1.82, 2.24) is 5.32 Å². The fraction of sp³-hybridized carbons (Fsp3) is 0.200. The van der Waals surface area contributed by atoms with Crippen molar-refractivity contribution in [3.05, 3.63) is 23.8 Å². The largest absolute Gasteiger partial charge is 0.495 e.